The first-order chi connectivity index (χ1) is 12.9. The number of aryl methyl sites for hydroxylation is 1. The molecule has 1 aromatic heterocycles. The lowest BCUT2D eigenvalue weighted by Crippen LogP contribution is -2.34. The van der Waals surface area contributed by atoms with Crippen LogP contribution in [0, 0.1) is 0 Å². The molecule has 1 heterocycles. The van der Waals surface area contributed by atoms with Gasteiger partial charge in [0.1, 0.15) is 0 Å². The predicted molar refractivity (Wildman–Crippen MR) is 101 cm³/mol. The zero-order chi connectivity index (χ0) is 19.7. The van der Waals surface area contributed by atoms with E-state index in [1.54, 1.807) is 0 Å². The molecular formula is C18H26N4O4S. The number of sulfonamides is 1. The third-order valence-electron chi connectivity index (χ3n) is 3.83. The Morgan fingerprint density at radius 2 is 1.96 bits per heavy atom. The molecule has 0 aliphatic carbocycles. The third kappa shape index (κ3) is 7.88. The SMILES string of the molecule is CC(C)c1noc(CCCC(=O)NCCS(=O)(=O)NCc2ccccc2)n1. The van der Waals surface area contributed by atoms with Gasteiger partial charge in [-0.3, -0.25) is 4.79 Å². The molecule has 2 rings (SSSR count). The molecule has 0 fully saturated rings. The molecule has 0 spiro atoms. The van der Waals surface area contributed by atoms with Gasteiger partial charge in [0, 0.05) is 31.8 Å². The van der Waals surface area contributed by atoms with Crippen molar-refractivity contribution in [1.82, 2.24) is 20.2 Å². The number of amides is 1. The highest BCUT2D eigenvalue weighted by atomic mass is 32.2. The van der Waals surface area contributed by atoms with Gasteiger partial charge in [0.2, 0.25) is 21.8 Å². The van der Waals surface area contributed by atoms with Gasteiger partial charge < -0.3 is 9.84 Å². The Morgan fingerprint density at radius 1 is 1.22 bits per heavy atom. The van der Waals surface area contributed by atoms with E-state index in [4.69, 9.17) is 4.52 Å². The molecule has 0 bridgehead atoms. The lowest BCUT2D eigenvalue weighted by atomic mass is 10.2. The Kier molecular flexibility index (Phi) is 7.93. The minimum atomic E-state index is -3.44. The van der Waals surface area contributed by atoms with Crippen molar-refractivity contribution >= 4 is 15.9 Å². The van der Waals surface area contributed by atoms with Crippen molar-refractivity contribution in [3.8, 4) is 0 Å². The van der Waals surface area contributed by atoms with Crippen molar-refractivity contribution in [1.29, 1.82) is 0 Å². The molecule has 0 aliphatic heterocycles. The van der Waals surface area contributed by atoms with Crippen LogP contribution in [-0.2, 0) is 27.8 Å². The summed E-state index contributed by atoms with van der Waals surface area (Å²) in [5.74, 6) is 1.01. The van der Waals surface area contributed by atoms with E-state index in [0.29, 0.717) is 24.6 Å². The van der Waals surface area contributed by atoms with Crippen LogP contribution in [0.3, 0.4) is 0 Å². The molecule has 0 unspecified atom stereocenters. The van der Waals surface area contributed by atoms with E-state index in [2.05, 4.69) is 20.2 Å². The average molecular weight is 394 g/mol. The van der Waals surface area contributed by atoms with Crippen molar-refractivity contribution < 1.29 is 17.7 Å². The zero-order valence-corrected chi connectivity index (χ0v) is 16.5. The van der Waals surface area contributed by atoms with Crippen molar-refractivity contribution in [2.45, 2.75) is 45.6 Å². The van der Waals surface area contributed by atoms with E-state index in [-0.39, 0.29) is 37.1 Å². The van der Waals surface area contributed by atoms with Crippen molar-refractivity contribution in [2.75, 3.05) is 12.3 Å². The number of hydrogen-bond acceptors (Lipinski definition) is 6. The number of rotatable bonds is 11. The molecule has 27 heavy (non-hydrogen) atoms. The summed E-state index contributed by atoms with van der Waals surface area (Å²) in [5, 5.41) is 6.49. The number of nitrogens with one attached hydrogen (secondary N) is 2. The normalized spacial score (nSPS) is 11.7. The standard InChI is InChI=1S/C18H26N4O4S/c1-14(2)18-21-17(26-22-18)10-6-9-16(23)19-11-12-27(24,25)20-13-15-7-4-3-5-8-15/h3-5,7-8,14,20H,6,9-13H2,1-2H3,(H,19,23). The summed E-state index contributed by atoms with van der Waals surface area (Å²) in [7, 11) is -3.44. The van der Waals surface area contributed by atoms with Crippen LogP contribution in [0.25, 0.3) is 0 Å². The molecule has 1 aromatic carbocycles. The molecule has 9 heteroatoms. The Balaban J connectivity index is 1.61. The first-order valence-corrected chi connectivity index (χ1v) is 10.6. The third-order valence-corrected chi connectivity index (χ3v) is 5.15. The number of hydrogen-bond donors (Lipinski definition) is 2. The van der Waals surface area contributed by atoms with Crippen LogP contribution in [0.15, 0.2) is 34.9 Å². The number of aromatic nitrogens is 2. The molecule has 0 radical (unpaired) electrons. The Bertz CT molecular complexity index is 819. The van der Waals surface area contributed by atoms with Gasteiger partial charge in [0.15, 0.2) is 5.82 Å². The quantitative estimate of drug-likeness (QED) is 0.600. The summed E-state index contributed by atoms with van der Waals surface area (Å²) in [6.45, 7) is 4.26. The van der Waals surface area contributed by atoms with Gasteiger partial charge in [-0.05, 0) is 12.0 Å². The summed E-state index contributed by atoms with van der Waals surface area (Å²) < 4.78 is 31.5. The number of nitrogens with zero attached hydrogens (tertiary/aromatic N) is 2. The van der Waals surface area contributed by atoms with Gasteiger partial charge in [0.05, 0.1) is 5.75 Å². The summed E-state index contributed by atoms with van der Waals surface area (Å²) >= 11 is 0. The maximum absolute atomic E-state index is 12.0. The summed E-state index contributed by atoms with van der Waals surface area (Å²) in [5.41, 5.74) is 0.881. The maximum Gasteiger partial charge on any atom is 0.226 e. The van der Waals surface area contributed by atoms with Crippen LogP contribution < -0.4 is 10.0 Å². The largest absolute Gasteiger partial charge is 0.355 e. The lowest BCUT2D eigenvalue weighted by molar-refractivity contribution is -0.121. The van der Waals surface area contributed by atoms with Gasteiger partial charge in [-0.15, -0.1) is 0 Å². The maximum atomic E-state index is 12.0. The van der Waals surface area contributed by atoms with E-state index in [0.717, 1.165) is 5.56 Å². The fourth-order valence-electron chi connectivity index (χ4n) is 2.28. The second-order valence-corrected chi connectivity index (χ2v) is 8.46. The average Bonchev–Trinajstić information content (AvgIpc) is 3.10. The van der Waals surface area contributed by atoms with Gasteiger partial charge in [-0.25, -0.2) is 13.1 Å². The van der Waals surface area contributed by atoms with E-state index in [1.165, 1.54) is 0 Å². The molecule has 0 atom stereocenters. The van der Waals surface area contributed by atoms with Gasteiger partial charge in [0.25, 0.3) is 0 Å². The van der Waals surface area contributed by atoms with Crippen molar-refractivity contribution in [3.63, 3.8) is 0 Å². The minimum absolute atomic E-state index is 0.0704. The summed E-state index contributed by atoms with van der Waals surface area (Å²) in [4.78, 5) is 16.1. The fraction of sp³-hybridized carbons (Fsp3) is 0.500. The number of carbonyl (C=O) groups excluding carboxylic acids is 1. The minimum Gasteiger partial charge on any atom is -0.355 e. The molecule has 2 N–H and O–H groups in total. The Hall–Kier alpha value is -2.26. The van der Waals surface area contributed by atoms with Crippen LogP contribution in [0.1, 0.15) is 49.9 Å². The second-order valence-electron chi connectivity index (χ2n) is 6.53. The first kappa shape index (κ1) is 21.0. The van der Waals surface area contributed by atoms with Crippen LogP contribution in [0.4, 0.5) is 0 Å². The van der Waals surface area contributed by atoms with E-state index in [9.17, 15) is 13.2 Å². The van der Waals surface area contributed by atoms with Gasteiger partial charge in [-0.2, -0.15) is 4.98 Å². The fourth-order valence-corrected chi connectivity index (χ4v) is 3.18. The molecule has 1 amide bonds. The molecule has 0 saturated carbocycles. The van der Waals surface area contributed by atoms with Crippen LogP contribution in [0.5, 0.6) is 0 Å². The van der Waals surface area contributed by atoms with Crippen molar-refractivity contribution in [3.05, 3.63) is 47.6 Å². The highest BCUT2D eigenvalue weighted by Gasteiger charge is 2.12. The van der Waals surface area contributed by atoms with E-state index in [1.807, 2.05) is 44.2 Å². The molecule has 148 valence electrons. The molecule has 0 aliphatic rings. The Morgan fingerprint density at radius 3 is 2.63 bits per heavy atom. The number of carbonyl (C=O) groups is 1. The molecule has 2 aromatic rings. The van der Waals surface area contributed by atoms with Gasteiger partial charge in [-0.1, -0.05) is 49.3 Å². The second kappa shape index (κ2) is 10.2. The van der Waals surface area contributed by atoms with E-state index < -0.39 is 10.0 Å². The molecule has 0 saturated heterocycles. The highest BCUT2D eigenvalue weighted by molar-refractivity contribution is 7.89. The van der Waals surface area contributed by atoms with Gasteiger partial charge >= 0.3 is 0 Å². The molecule has 8 nitrogen and oxygen atoms in total. The Labute approximate surface area is 159 Å². The smallest absolute Gasteiger partial charge is 0.226 e. The van der Waals surface area contributed by atoms with Crippen molar-refractivity contribution in [2.24, 2.45) is 0 Å². The molecular weight excluding hydrogens is 368 g/mol. The summed E-state index contributed by atoms with van der Waals surface area (Å²) in [6.07, 6.45) is 1.35. The summed E-state index contributed by atoms with van der Waals surface area (Å²) in [6, 6.07) is 9.26. The predicted octanol–water partition coefficient (Wildman–Crippen LogP) is 1.75. The van der Waals surface area contributed by atoms with Crippen LogP contribution in [0.2, 0.25) is 0 Å². The van der Waals surface area contributed by atoms with Crippen LogP contribution in [-0.4, -0.2) is 36.8 Å². The highest BCUT2D eigenvalue weighted by Crippen LogP contribution is 2.11. The zero-order valence-electron chi connectivity index (χ0n) is 15.6. The van der Waals surface area contributed by atoms with Crippen LogP contribution >= 0.6 is 0 Å². The van der Waals surface area contributed by atoms with E-state index >= 15 is 0 Å². The lowest BCUT2D eigenvalue weighted by Gasteiger charge is -2.08. The first-order valence-electron chi connectivity index (χ1n) is 8.96. The monoisotopic (exact) mass is 394 g/mol. The number of benzene rings is 1. The topological polar surface area (TPSA) is 114 Å².